The topological polar surface area (TPSA) is 35.3 Å². The van der Waals surface area contributed by atoms with Gasteiger partial charge in [-0.1, -0.05) is 35.0 Å². The molecule has 18 heavy (non-hydrogen) atoms. The molecule has 1 saturated heterocycles. The van der Waals surface area contributed by atoms with Gasteiger partial charge in [0.2, 0.25) is 0 Å². The van der Waals surface area contributed by atoms with Crippen LogP contribution in [0.5, 0.6) is 0 Å². The molecular formula is C14H16BrNO2. The van der Waals surface area contributed by atoms with Crippen molar-refractivity contribution in [3.05, 3.63) is 30.2 Å². The van der Waals surface area contributed by atoms with Gasteiger partial charge in [0.15, 0.2) is 11.5 Å². The van der Waals surface area contributed by atoms with E-state index < -0.39 is 0 Å². The molecule has 2 heterocycles. The van der Waals surface area contributed by atoms with Crippen molar-refractivity contribution >= 4 is 27.0 Å². The number of ether oxygens (including phenoxy) is 1. The van der Waals surface area contributed by atoms with E-state index in [0.717, 1.165) is 36.4 Å². The third-order valence-electron chi connectivity index (χ3n) is 3.51. The molecule has 4 heteroatoms. The zero-order valence-corrected chi connectivity index (χ0v) is 11.9. The van der Waals surface area contributed by atoms with E-state index in [1.54, 1.807) is 0 Å². The Morgan fingerprint density at radius 3 is 3.00 bits per heavy atom. The molecule has 1 aliphatic rings. The summed E-state index contributed by atoms with van der Waals surface area (Å²) in [5.74, 6) is 1.37. The van der Waals surface area contributed by atoms with Crippen LogP contribution in [-0.4, -0.2) is 22.5 Å². The molecule has 3 atom stereocenters. The second-order valence-corrected chi connectivity index (χ2v) is 6.07. The Morgan fingerprint density at radius 2 is 2.28 bits per heavy atom. The summed E-state index contributed by atoms with van der Waals surface area (Å²) in [4.78, 5) is 4.76. The number of hydrogen-bond acceptors (Lipinski definition) is 3. The molecule has 96 valence electrons. The first-order valence-corrected chi connectivity index (χ1v) is 7.26. The molecule has 0 bridgehead atoms. The molecule has 3 rings (SSSR count). The highest BCUT2D eigenvalue weighted by Gasteiger charge is 2.31. The smallest absolute Gasteiger partial charge is 0.196 e. The van der Waals surface area contributed by atoms with Crippen LogP contribution in [0.2, 0.25) is 0 Å². The standard InChI is InChI=1S/C14H16BrNO2/c1-9-6-7-17-14(9)10(15)8-13-16-11-4-2-3-5-12(11)18-13/h2-5,9-10,14H,6-8H2,1H3. The number of para-hydroxylation sites is 2. The van der Waals surface area contributed by atoms with Crippen LogP contribution in [0.25, 0.3) is 11.1 Å². The van der Waals surface area contributed by atoms with Gasteiger partial charge in [0, 0.05) is 17.9 Å². The predicted octanol–water partition coefficient (Wildman–Crippen LogP) is 3.56. The fourth-order valence-corrected chi connectivity index (χ4v) is 3.42. The van der Waals surface area contributed by atoms with Gasteiger partial charge in [-0.15, -0.1) is 0 Å². The minimum atomic E-state index is 0.264. The molecule has 0 aliphatic carbocycles. The lowest BCUT2D eigenvalue weighted by molar-refractivity contribution is 0.0921. The number of rotatable bonds is 3. The molecule has 3 unspecified atom stereocenters. The summed E-state index contributed by atoms with van der Waals surface area (Å²) in [5, 5.41) is 0. The normalized spacial score (nSPS) is 25.7. The molecule has 3 nitrogen and oxygen atoms in total. The van der Waals surface area contributed by atoms with Gasteiger partial charge in [0.25, 0.3) is 0 Å². The molecule has 1 fully saturated rings. The third kappa shape index (κ3) is 2.31. The van der Waals surface area contributed by atoms with E-state index in [1.807, 2.05) is 24.3 Å². The highest BCUT2D eigenvalue weighted by atomic mass is 79.9. The maximum atomic E-state index is 5.76. The SMILES string of the molecule is CC1CCOC1C(Br)Cc1nc2ccccc2o1. The molecule has 1 aromatic carbocycles. The number of halogens is 1. The molecule has 1 aliphatic heterocycles. The van der Waals surface area contributed by atoms with Crippen molar-refractivity contribution in [1.82, 2.24) is 4.98 Å². The molecule has 2 aromatic rings. The number of aromatic nitrogens is 1. The van der Waals surface area contributed by atoms with E-state index in [-0.39, 0.29) is 10.9 Å². The highest BCUT2D eigenvalue weighted by Crippen LogP contribution is 2.29. The van der Waals surface area contributed by atoms with E-state index in [2.05, 4.69) is 27.8 Å². The van der Waals surface area contributed by atoms with Crippen molar-refractivity contribution < 1.29 is 9.15 Å². The lowest BCUT2D eigenvalue weighted by atomic mass is 10.00. The summed E-state index contributed by atoms with van der Waals surface area (Å²) in [6.07, 6.45) is 2.17. The fraction of sp³-hybridized carbons (Fsp3) is 0.500. The van der Waals surface area contributed by atoms with Crippen LogP contribution in [-0.2, 0) is 11.2 Å². The average molecular weight is 310 g/mol. The molecule has 0 amide bonds. The number of nitrogens with zero attached hydrogens (tertiary/aromatic N) is 1. The Kier molecular flexibility index (Phi) is 3.39. The minimum Gasteiger partial charge on any atom is -0.441 e. The lowest BCUT2D eigenvalue weighted by Crippen LogP contribution is -2.27. The number of alkyl halides is 1. The van der Waals surface area contributed by atoms with Gasteiger partial charge in [-0.05, 0) is 24.5 Å². The summed E-state index contributed by atoms with van der Waals surface area (Å²) in [7, 11) is 0. The first-order valence-electron chi connectivity index (χ1n) is 6.34. The number of oxazole rings is 1. The monoisotopic (exact) mass is 309 g/mol. The number of hydrogen-bond donors (Lipinski definition) is 0. The van der Waals surface area contributed by atoms with E-state index in [4.69, 9.17) is 9.15 Å². The third-order valence-corrected chi connectivity index (χ3v) is 4.35. The van der Waals surface area contributed by atoms with E-state index in [1.165, 1.54) is 0 Å². The van der Waals surface area contributed by atoms with Gasteiger partial charge in [-0.2, -0.15) is 0 Å². The van der Waals surface area contributed by atoms with Gasteiger partial charge < -0.3 is 9.15 Å². The molecule has 0 N–H and O–H groups in total. The van der Waals surface area contributed by atoms with Crippen LogP contribution in [0.1, 0.15) is 19.2 Å². The maximum absolute atomic E-state index is 5.76. The van der Waals surface area contributed by atoms with Crippen LogP contribution in [0.15, 0.2) is 28.7 Å². The van der Waals surface area contributed by atoms with Crippen molar-refractivity contribution in [3.8, 4) is 0 Å². The van der Waals surface area contributed by atoms with Crippen LogP contribution < -0.4 is 0 Å². The van der Waals surface area contributed by atoms with Gasteiger partial charge >= 0.3 is 0 Å². The Bertz CT molecular complexity index is 506. The zero-order valence-electron chi connectivity index (χ0n) is 10.3. The maximum Gasteiger partial charge on any atom is 0.196 e. The quantitative estimate of drug-likeness (QED) is 0.813. The molecular weight excluding hydrogens is 294 g/mol. The lowest BCUT2D eigenvalue weighted by Gasteiger charge is -2.19. The van der Waals surface area contributed by atoms with Crippen LogP contribution in [0, 0.1) is 5.92 Å². The van der Waals surface area contributed by atoms with E-state index in [9.17, 15) is 0 Å². The van der Waals surface area contributed by atoms with E-state index in [0.29, 0.717) is 5.92 Å². The van der Waals surface area contributed by atoms with Crippen LogP contribution in [0.3, 0.4) is 0 Å². The van der Waals surface area contributed by atoms with Crippen molar-refractivity contribution in [2.24, 2.45) is 5.92 Å². The van der Waals surface area contributed by atoms with Crippen LogP contribution in [0.4, 0.5) is 0 Å². The predicted molar refractivity (Wildman–Crippen MR) is 73.9 cm³/mol. The van der Waals surface area contributed by atoms with Gasteiger partial charge in [-0.3, -0.25) is 0 Å². The summed E-state index contributed by atoms with van der Waals surface area (Å²) in [5.41, 5.74) is 1.78. The second kappa shape index (κ2) is 5.02. The summed E-state index contributed by atoms with van der Waals surface area (Å²) in [6, 6.07) is 7.86. The first kappa shape index (κ1) is 12.2. The Morgan fingerprint density at radius 1 is 1.44 bits per heavy atom. The van der Waals surface area contributed by atoms with Crippen molar-refractivity contribution in [1.29, 1.82) is 0 Å². The van der Waals surface area contributed by atoms with E-state index >= 15 is 0 Å². The number of benzene rings is 1. The largest absolute Gasteiger partial charge is 0.441 e. The molecule has 0 saturated carbocycles. The van der Waals surface area contributed by atoms with Gasteiger partial charge in [-0.25, -0.2) is 4.98 Å². The Labute approximate surface area is 115 Å². The summed E-state index contributed by atoms with van der Waals surface area (Å²) < 4.78 is 11.5. The number of fused-ring (bicyclic) bond motifs is 1. The minimum absolute atomic E-state index is 0.264. The van der Waals surface area contributed by atoms with Crippen LogP contribution >= 0.6 is 15.9 Å². The van der Waals surface area contributed by atoms with Gasteiger partial charge in [0.05, 0.1) is 6.10 Å². The fourth-order valence-electron chi connectivity index (χ4n) is 2.47. The summed E-state index contributed by atoms with van der Waals surface area (Å²) >= 11 is 3.71. The first-order chi connectivity index (χ1) is 8.74. The molecule has 1 aromatic heterocycles. The average Bonchev–Trinajstić information content (AvgIpc) is 2.94. The van der Waals surface area contributed by atoms with Crippen molar-refractivity contribution in [2.45, 2.75) is 30.7 Å². The highest BCUT2D eigenvalue weighted by molar-refractivity contribution is 9.09. The Hall–Kier alpha value is -0.870. The molecule has 0 radical (unpaired) electrons. The second-order valence-electron chi connectivity index (χ2n) is 4.90. The Balaban J connectivity index is 1.75. The summed E-state index contributed by atoms with van der Waals surface area (Å²) in [6.45, 7) is 3.10. The zero-order chi connectivity index (χ0) is 12.5. The van der Waals surface area contributed by atoms with Crippen molar-refractivity contribution in [2.75, 3.05) is 6.61 Å². The molecule has 0 spiro atoms. The van der Waals surface area contributed by atoms with Crippen molar-refractivity contribution in [3.63, 3.8) is 0 Å². The van der Waals surface area contributed by atoms with Gasteiger partial charge in [0.1, 0.15) is 5.52 Å².